The summed E-state index contributed by atoms with van der Waals surface area (Å²) >= 11 is 5.52. The molecule has 1 heterocycles. The van der Waals surface area contributed by atoms with Crippen LogP contribution in [0.4, 0.5) is 0 Å². The van der Waals surface area contributed by atoms with Crippen molar-refractivity contribution in [3.8, 4) is 0 Å². The molecule has 0 aromatic heterocycles. The van der Waals surface area contributed by atoms with E-state index < -0.39 is 0 Å². The first-order valence-electron chi connectivity index (χ1n) is 7.42. The van der Waals surface area contributed by atoms with Crippen molar-refractivity contribution in [3.05, 3.63) is 99.6 Å². The standard InChI is InChI=1S/C6H4Cl.2C5H5.C4H8O.Er/c7-6-4-2-1-3-5-6;3*1-2-4-5-3-1;/h2-5H;2*1-5H;1-4H2;/q-1;;;;. The second kappa shape index (κ2) is 19.0. The quantitative estimate of drug-likeness (QED) is 0.476. The van der Waals surface area contributed by atoms with Crippen molar-refractivity contribution in [2.45, 2.75) is 12.8 Å². The van der Waals surface area contributed by atoms with Crippen LogP contribution in [-0.2, 0) is 4.74 Å². The van der Waals surface area contributed by atoms with Crippen LogP contribution in [0.25, 0.3) is 0 Å². The summed E-state index contributed by atoms with van der Waals surface area (Å²) in [5, 5.41) is 0.763. The molecule has 3 fully saturated rings. The molecule has 1 aliphatic heterocycles. The summed E-state index contributed by atoms with van der Waals surface area (Å²) in [6, 6.07) is 10.00. The minimum absolute atomic E-state index is 0. The fraction of sp³-hybridized carbons (Fsp3) is 0.200. The molecule has 1 nitrogen and oxygen atoms in total. The SMILES string of the molecule is C1CCOC1.Clc1cc[c-]cc1.[CH]1[CH][CH][CH][CH]1.[CH]1[CH][CH][CH][CH]1.[Er]. The van der Waals surface area contributed by atoms with Gasteiger partial charge in [0.1, 0.15) is 0 Å². The molecule has 2 aliphatic carbocycles. The molecule has 10 radical (unpaired) electrons. The van der Waals surface area contributed by atoms with Crippen LogP contribution in [0, 0.1) is 108 Å². The molecule has 4 rings (SSSR count). The molecular weight excluding hydrogens is 459 g/mol. The Labute approximate surface area is 178 Å². The number of benzene rings is 1. The molecule has 0 spiro atoms. The fourth-order valence-electron chi connectivity index (χ4n) is 1.52. The van der Waals surface area contributed by atoms with Gasteiger partial charge in [0.15, 0.2) is 0 Å². The fourth-order valence-corrected chi connectivity index (χ4v) is 1.64. The van der Waals surface area contributed by atoms with E-state index in [9.17, 15) is 0 Å². The zero-order chi connectivity index (χ0) is 15.7. The Hall–Kier alpha value is 0.717. The molecule has 1 aromatic carbocycles. The maximum absolute atomic E-state index is 5.52. The Morgan fingerprint density at radius 3 is 1.22 bits per heavy atom. The Balaban J connectivity index is 0.000000280. The Kier molecular flexibility index (Phi) is 19.6. The van der Waals surface area contributed by atoms with Gasteiger partial charge in [-0.15, -0.1) is 11.6 Å². The van der Waals surface area contributed by atoms with Crippen LogP contribution in [-0.4, -0.2) is 13.2 Å². The van der Waals surface area contributed by atoms with Crippen LogP contribution in [0.3, 0.4) is 0 Å². The van der Waals surface area contributed by atoms with Gasteiger partial charge in [0.25, 0.3) is 0 Å². The summed E-state index contributed by atoms with van der Waals surface area (Å²) in [7, 11) is 0. The van der Waals surface area contributed by atoms with Crippen LogP contribution in [0.5, 0.6) is 0 Å². The third-order valence-corrected chi connectivity index (χ3v) is 2.87. The number of hydrogen-bond donors (Lipinski definition) is 0. The van der Waals surface area contributed by atoms with Gasteiger partial charge < -0.3 is 4.74 Å². The maximum atomic E-state index is 5.52. The van der Waals surface area contributed by atoms with E-state index in [0.717, 1.165) is 18.2 Å². The van der Waals surface area contributed by atoms with Gasteiger partial charge in [0.05, 0.1) is 0 Å². The second-order valence-electron chi connectivity index (χ2n) is 4.46. The minimum Gasteiger partial charge on any atom is -0.381 e. The molecule has 0 amide bonds. The average molecular weight is 481 g/mol. The van der Waals surface area contributed by atoms with Gasteiger partial charge in [-0.1, -0.05) is 5.02 Å². The van der Waals surface area contributed by atoms with Gasteiger partial charge in [0.2, 0.25) is 0 Å². The van der Waals surface area contributed by atoms with Crippen molar-refractivity contribution >= 4 is 11.6 Å². The van der Waals surface area contributed by atoms with Crippen LogP contribution in [0.1, 0.15) is 12.8 Å². The molecule has 128 valence electrons. The van der Waals surface area contributed by atoms with Crippen molar-refractivity contribution in [2.75, 3.05) is 13.2 Å². The van der Waals surface area contributed by atoms with Gasteiger partial charge in [-0.05, 0) is 77.0 Å². The van der Waals surface area contributed by atoms with Gasteiger partial charge in [0, 0.05) is 50.5 Å². The van der Waals surface area contributed by atoms with E-state index in [0.29, 0.717) is 0 Å². The number of rotatable bonds is 0. The number of ether oxygens (including phenoxy) is 1. The van der Waals surface area contributed by atoms with Gasteiger partial charge in [-0.2, -0.15) is 30.3 Å². The van der Waals surface area contributed by atoms with Gasteiger partial charge >= 0.3 is 0 Å². The zero-order valence-electron chi connectivity index (χ0n) is 13.0. The van der Waals surface area contributed by atoms with Crippen molar-refractivity contribution < 1.29 is 42.0 Å². The molecule has 0 bridgehead atoms. The monoisotopic (exact) mass is 479 g/mol. The summed E-state index contributed by atoms with van der Waals surface area (Å²) < 4.78 is 4.94. The van der Waals surface area contributed by atoms with E-state index in [1.54, 1.807) is 24.3 Å². The summed E-state index contributed by atoms with van der Waals surface area (Å²) in [5.74, 6) is 0. The van der Waals surface area contributed by atoms with Gasteiger partial charge in [-0.25, -0.2) is 0 Å². The maximum Gasteiger partial charge on any atom is 0.0466 e. The molecule has 3 heteroatoms. The number of hydrogen-bond acceptors (Lipinski definition) is 1. The molecule has 3 aliphatic rings. The molecule has 23 heavy (non-hydrogen) atoms. The first kappa shape index (κ1) is 23.7. The minimum atomic E-state index is 0. The first-order chi connectivity index (χ1) is 10.9. The van der Waals surface area contributed by atoms with E-state index in [2.05, 4.69) is 6.07 Å². The van der Waals surface area contributed by atoms with E-state index in [1.165, 1.54) is 12.8 Å². The molecule has 2 saturated carbocycles. The first-order valence-corrected chi connectivity index (χ1v) is 7.80. The molecular formula is C20H22ClErO-. The Morgan fingerprint density at radius 2 is 1.04 bits per heavy atom. The van der Waals surface area contributed by atoms with Crippen molar-refractivity contribution in [1.82, 2.24) is 0 Å². The summed E-state index contributed by atoms with van der Waals surface area (Å²) in [4.78, 5) is 0. The van der Waals surface area contributed by atoms with Crippen molar-refractivity contribution in [3.63, 3.8) is 0 Å². The van der Waals surface area contributed by atoms with E-state index in [-0.39, 0.29) is 37.3 Å². The smallest absolute Gasteiger partial charge is 0.0466 e. The largest absolute Gasteiger partial charge is 0.381 e. The third kappa shape index (κ3) is 17.3. The molecule has 1 saturated heterocycles. The normalized spacial score (nSPS) is 18.3. The third-order valence-electron chi connectivity index (χ3n) is 2.62. The predicted molar refractivity (Wildman–Crippen MR) is 93.3 cm³/mol. The van der Waals surface area contributed by atoms with Crippen LogP contribution < -0.4 is 0 Å². The Morgan fingerprint density at radius 1 is 0.696 bits per heavy atom. The van der Waals surface area contributed by atoms with Gasteiger partial charge in [-0.3, -0.25) is 0 Å². The molecule has 0 atom stereocenters. The van der Waals surface area contributed by atoms with E-state index in [4.69, 9.17) is 16.3 Å². The topological polar surface area (TPSA) is 9.23 Å². The molecule has 1 aromatic rings. The summed E-state index contributed by atoms with van der Waals surface area (Å²) in [6.07, 6.45) is 22.6. The summed E-state index contributed by atoms with van der Waals surface area (Å²) in [6.45, 7) is 2.00. The van der Waals surface area contributed by atoms with E-state index in [1.807, 2.05) is 64.2 Å². The van der Waals surface area contributed by atoms with Crippen LogP contribution in [0.2, 0.25) is 5.02 Å². The van der Waals surface area contributed by atoms with Crippen molar-refractivity contribution in [2.24, 2.45) is 0 Å². The van der Waals surface area contributed by atoms with Crippen LogP contribution in [0.15, 0.2) is 24.3 Å². The molecule has 0 N–H and O–H groups in total. The van der Waals surface area contributed by atoms with Crippen LogP contribution >= 0.6 is 11.6 Å². The van der Waals surface area contributed by atoms with Crippen molar-refractivity contribution in [1.29, 1.82) is 0 Å². The average Bonchev–Trinajstić information content (AvgIpc) is 3.37. The summed E-state index contributed by atoms with van der Waals surface area (Å²) in [5.41, 5.74) is 0. The zero-order valence-corrected chi connectivity index (χ0v) is 15.6. The second-order valence-corrected chi connectivity index (χ2v) is 4.90. The number of halogens is 1. The predicted octanol–water partition coefficient (Wildman–Crippen LogP) is 4.98. The Bertz CT molecular complexity index is 273. The molecule has 0 unspecified atom stereocenters. The van der Waals surface area contributed by atoms with E-state index >= 15 is 0 Å².